The minimum atomic E-state index is -3.10. The van der Waals surface area contributed by atoms with Gasteiger partial charge in [-0.2, -0.15) is 0 Å². The van der Waals surface area contributed by atoms with Crippen molar-refractivity contribution in [3.05, 3.63) is 34.6 Å². The number of rotatable bonds is 3. The van der Waals surface area contributed by atoms with E-state index in [1.165, 1.54) is 12.1 Å². The van der Waals surface area contributed by atoms with Gasteiger partial charge in [0.1, 0.15) is 5.82 Å². The van der Waals surface area contributed by atoms with Gasteiger partial charge in [-0.1, -0.05) is 11.6 Å². The Hall–Kier alpha value is -0.980. The molecule has 1 fully saturated rings. The van der Waals surface area contributed by atoms with E-state index in [-0.39, 0.29) is 34.3 Å². The van der Waals surface area contributed by atoms with Crippen molar-refractivity contribution in [2.24, 2.45) is 0 Å². The Morgan fingerprint density at radius 2 is 2.21 bits per heavy atom. The average Bonchev–Trinajstić information content (AvgIpc) is 2.31. The van der Waals surface area contributed by atoms with Gasteiger partial charge in [0, 0.05) is 24.6 Å². The summed E-state index contributed by atoms with van der Waals surface area (Å²) in [6, 6.07) is 3.12. The Morgan fingerprint density at radius 3 is 2.89 bits per heavy atom. The molecule has 1 unspecified atom stereocenters. The molecule has 0 bridgehead atoms. The summed E-state index contributed by atoms with van der Waals surface area (Å²) < 4.78 is 36.0. The standard InChI is InChI=1S/C12H13ClFNO3S/c13-11-2-1-8(14)5-10(11)12(16)6-9-7-19(17,18)4-3-15-9/h1-2,5,9,15H,3-4,6-7H2. The third kappa shape index (κ3) is 3.75. The Balaban J connectivity index is 2.11. The van der Waals surface area contributed by atoms with Gasteiger partial charge in [-0.05, 0) is 18.2 Å². The highest BCUT2D eigenvalue weighted by molar-refractivity contribution is 7.91. The number of benzene rings is 1. The lowest BCUT2D eigenvalue weighted by Crippen LogP contribution is -2.46. The van der Waals surface area contributed by atoms with E-state index in [1.807, 2.05) is 0 Å². The van der Waals surface area contributed by atoms with Crippen molar-refractivity contribution in [3.63, 3.8) is 0 Å². The zero-order chi connectivity index (χ0) is 14.0. The number of sulfone groups is 1. The topological polar surface area (TPSA) is 63.2 Å². The number of hydrogen-bond acceptors (Lipinski definition) is 4. The van der Waals surface area contributed by atoms with Gasteiger partial charge in [0.25, 0.3) is 0 Å². The third-order valence-electron chi connectivity index (χ3n) is 2.96. The van der Waals surface area contributed by atoms with Gasteiger partial charge in [-0.3, -0.25) is 4.79 Å². The van der Waals surface area contributed by atoms with Crippen LogP contribution < -0.4 is 5.32 Å². The summed E-state index contributed by atoms with van der Waals surface area (Å²) in [4.78, 5) is 12.0. The van der Waals surface area contributed by atoms with Crippen LogP contribution in [0.25, 0.3) is 0 Å². The molecule has 0 aliphatic carbocycles. The molecule has 0 aromatic heterocycles. The molecule has 7 heteroatoms. The molecule has 0 spiro atoms. The first-order chi connectivity index (χ1) is 8.87. The number of hydrogen-bond donors (Lipinski definition) is 1. The lowest BCUT2D eigenvalue weighted by atomic mass is 10.0. The van der Waals surface area contributed by atoms with Crippen LogP contribution in [-0.2, 0) is 9.84 Å². The molecule has 1 atom stereocenters. The molecule has 1 aromatic carbocycles. The van der Waals surface area contributed by atoms with E-state index in [0.29, 0.717) is 6.54 Å². The van der Waals surface area contributed by atoms with Gasteiger partial charge < -0.3 is 5.32 Å². The summed E-state index contributed by atoms with van der Waals surface area (Å²) >= 11 is 5.84. The molecular formula is C12H13ClFNO3S. The lowest BCUT2D eigenvalue weighted by Gasteiger charge is -2.23. The van der Waals surface area contributed by atoms with Gasteiger partial charge in [-0.15, -0.1) is 0 Å². The van der Waals surface area contributed by atoms with Gasteiger partial charge in [0.05, 0.1) is 16.5 Å². The van der Waals surface area contributed by atoms with Crippen LogP contribution in [0.5, 0.6) is 0 Å². The van der Waals surface area contributed by atoms with Crippen molar-refractivity contribution < 1.29 is 17.6 Å². The van der Waals surface area contributed by atoms with E-state index < -0.39 is 21.7 Å². The molecular weight excluding hydrogens is 293 g/mol. The Labute approximate surface area is 115 Å². The predicted octanol–water partition coefficient (Wildman–Crippen LogP) is 1.44. The molecule has 104 valence electrons. The molecule has 19 heavy (non-hydrogen) atoms. The molecule has 2 rings (SSSR count). The van der Waals surface area contributed by atoms with Crippen molar-refractivity contribution in [2.45, 2.75) is 12.5 Å². The van der Waals surface area contributed by atoms with Gasteiger partial charge in [0.15, 0.2) is 15.6 Å². The highest BCUT2D eigenvalue weighted by atomic mass is 35.5. The molecule has 1 N–H and O–H groups in total. The van der Waals surface area contributed by atoms with Crippen LogP contribution in [0.2, 0.25) is 5.02 Å². The van der Waals surface area contributed by atoms with Crippen LogP contribution in [0.15, 0.2) is 18.2 Å². The van der Waals surface area contributed by atoms with Crippen LogP contribution in [0.4, 0.5) is 4.39 Å². The second-order valence-corrected chi connectivity index (χ2v) is 7.15. The van der Waals surface area contributed by atoms with E-state index in [9.17, 15) is 17.6 Å². The predicted molar refractivity (Wildman–Crippen MR) is 70.8 cm³/mol. The summed E-state index contributed by atoms with van der Waals surface area (Å²) in [5, 5.41) is 3.14. The van der Waals surface area contributed by atoms with Gasteiger partial charge in [0.2, 0.25) is 0 Å². The molecule has 4 nitrogen and oxygen atoms in total. The van der Waals surface area contributed by atoms with E-state index in [0.717, 1.165) is 6.07 Å². The summed E-state index contributed by atoms with van der Waals surface area (Å²) in [7, 11) is -3.10. The van der Waals surface area contributed by atoms with E-state index in [2.05, 4.69) is 5.32 Å². The summed E-state index contributed by atoms with van der Waals surface area (Å²) in [5.41, 5.74) is 0.0893. The maximum Gasteiger partial charge on any atom is 0.166 e. The summed E-state index contributed by atoms with van der Waals surface area (Å²) in [6.07, 6.45) is -0.0115. The number of carbonyl (C=O) groups excluding carboxylic acids is 1. The number of Topliss-reactive ketones (excluding diaryl/α,β-unsaturated/α-hetero) is 1. The van der Waals surface area contributed by atoms with E-state index >= 15 is 0 Å². The summed E-state index contributed by atoms with van der Waals surface area (Å²) in [6.45, 7) is 0.331. The molecule has 1 aliphatic rings. The van der Waals surface area contributed by atoms with Crippen molar-refractivity contribution in [1.82, 2.24) is 5.32 Å². The molecule has 1 saturated heterocycles. The fourth-order valence-electron chi connectivity index (χ4n) is 2.04. The third-order valence-corrected chi connectivity index (χ3v) is 5.03. The molecule has 1 aliphatic heterocycles. The second kappa shape index (κ2) is 5.56. The van der Waals surface area contributed by atoms with Crippen LogP contribution in [0.1, 0.15) is 16.8 Å². The normalized spacial score (nSPS) is 22.1. The average molecular weight is 306 g/mol. The quantitative estimate of drug-likeness (QED) is 0.858. The monoisotopic (exact) mass is 305 g/mol. The Bertz CT molecular complexity index is 603. The van der Waals surface area contributed by atoms with Crippen molar-refractivity contribution in [2.75, 3.05) is 18.1 Å². The number of carbonyl (C=O) groups is 1. The smallest absolute Gasteiger partial charge is 0.166 e. The molecule has 1 heterocycles. The fraction of sp³-hybridized carbons (Fsp3) is 0.417. The SMILES string of the molecule is O=C(CC1CS(=O)(=O)CCN1)c1cc(F)ccc1Cl. The number of ketones is 1. The zero-order valence-corrected chi connectivity index (χ0v) is 11.6. The molecule has 0 amide bonds. The first kappa shape index (κ1) is 14.4. The maximum atomic E-state index is 13.1. The number of nitrogens with one attached hydrogen (secondary N) is 1. The highest BCUT2D eigenvalue weighted by Gasteiger charge is 2.26. The first-order valence-corrected chi connectivity index (χ1v) is 7.99. The minimum absolute atomic E-state index is 0.0115. The van der Waals surface area contributed by atoms with Crippen LogP contribution >= 0.6 is 11.6 Å². The first-order valence-electron chi connectivity index (χ1n) is 5.79. The lowest BCUT2D eigenvalue weighted by molar-refractivity contribution is 0.0971. The van der Waals surface area contributed by atoms with Crippen LogP contribution in [-0.4, -0.2) is 38.3 Å². The largest absolute Gasteiger partial charge is 0.312 e. The van der Waals surface area contributed by atoms with Crippen molar-refractivity contribution in [3.8, 4) is 0 Å². The summed E-state index contributed by atoms with van der Waals surface area (Å²) in [5.74, 6) is -0.902. The van der Waals surface area contributed by atoms with Crippen molar-refractivity contribution >= 4 is 27.2 Å². The van der Waals surface area contributed by atoms with Crippen LogP contribution in [0, 0.1) is 5.82 Å². The fourth-order valence-corrected chi connectivity index (χ4v) is 3.71. The molecule has 0 saturated carbocycles. The Kier molecular flexibility index (Phi) is 4.23. The Morgan fingerprint density at radius 1 is 1.47 bits per heavy atom. The minimum Gasteiger partial charge on any atom is -0.312 e. The van der Waals surface area contributed by atoms with Gasteiger partial charge in [-0.25, -0.2) is 12.8 Å². The molecule has 1 aromatic rings. The van der Waals surface area contributed by atoms with E-state index in [1.54, 1.807) is 0 Å². The second-order valence-electron chi connectivity index (χ2n) is 4.52. The number of halogens is 2. The zero-order valence-electron chi connectivity index (χ0n) is 10.0. The highest BCUT2D eigenvalue weighted by Crippen LogP contribution is 2.20. The van der Waals surface area contributed by atoms with Crippen LogP contribution in [0.3, 0.4) is 0 Å². The van der Waals surface area contributed by atoms with Gasteiger partial charge >= 0.3 is 0 Å². The molecule has 0 radical (unpaired) electrons. The van der Waals surface area contributed by atoms with Crippen molar-refractivity contribution in [1.29, 1.82) is 0 Å². The maximum absolute atomic E-state index is 13.1. The van der Waals surface area contributed by atoms with E-state index in [4.69, 9.17) is 11.6 Å².